The molecule has 0 radical (unpaired) electrons. The fraction of sp³-hybridized carbons (Fsp3) is 0. The number of benzene rings is 10. The monoisotopic (exact) mass is 728 g/mol. The van der Waals surface area contributed by atoms with Crippen molar-refractivity contribution in [1.82, 2.24) is 0 Å². The lowest BCUT2D eigenvalue weighted by Gasteiger charge is -2.20. The molecule has 0 aliphatic heterocycles. The van der Waals surface area contributed by atoms with Crippen LogP contribution in [0.15, 0.2) is 199 Å². The minimum absolute atomic E-state index is 0.902. The molecule has 0 aliphatic carbocycles. The largest absolute Gasteiger partial charge is 0.456 e. The summed E-state index contributed by atoms with van der Waals surface area (Å²) >= 11 is 1.86. The molecule has 0 saturated heterocycles. The molecule has 0 bridgehead atoms. The van der Waals surface area contributed by atoms with Gasteiger partial charge in [-0.2, -0.15) is 0 Å². The van der Waals surface area contributed by atoms with E-state index in [0.29, 0.717) is 0 Å². The first-order valence-corrected chi connectivity index (χ1v) is 20.0. The molecule has 1 nitrogen and oxygen atoms in total. The van der Waals surface area contributed by atoms with Crippen molar-refractivity contribution in [1.29, 1.82) is 0 Å². The molecule has 2 aromatic heterocycles. The van der Waals surface area contributed by atoms with E-state index >= 15 is 0 Å². The third-order valence-electron chi connectivity index (χ3n) is 11.7. The molecule has 0 aliphatic rings. The number of fused-ring (bicyclic) bond motifs is 9. The Morgan fingerprint density at radius 1 is 0.286 bits per heavy atom. The molecule has 0 saturated carbocycles. The van der Waals surface area contributed by atoms with Gasteiger partial charge in [0.2, 0.25) is 0 Å². The summed E-state index contributed by atoms with van der Waals surface area (Å²) in [5.74, 6) is 0. The van der Waals surface area contributed by atoms with Crippen LogP contribution in [0.2, 0.25) is 0 Å². The summed E-state index contributed by atoms with van der Waals surface area (Å²) in [7, 11) is 0. The maximum Gasteiger partial charge on any atom is 0.136 e. The zero-order chi connectivity index (χ0) is 36.7. The standard InChI is InChI=1S/C54H32OS/c1-2-14-33(15-3-1)51-40-19-6-8-21-42(40)53(43-22-9-7-20-41(43)51)45-29-28-37(35-16-4-5-17-36(35)45)44-30-31-48-54(46-23-10-12-24-47(46)55-48)52(44)34-26-27-39-38-18-11-13-25-49(38)56-50(39)32-34/h1-32H. The molecule has 0 spiro atoms. The summed E-state index contributed by atoms with van der Waals surface area (Å²) in [6.07, 6.45) is 0. The van der Waals surface area contributed by atoms with Gasteiger partial charge in [-0.1, -0.05) is 164 Å². The van der Waals surface area contributed by atoms with E-state index in [2.05, 4.69) is 194 Å². The molecular weight excluding hydrogens is 697 g/mol. The Kier molecular flexibility index (Phi) is 6.87. The fourth-order valence-corrected chi connectivity index (χ4v) is 10.5. The predicted molar refractivity (Wildman–Crippen MR) is 241 cm³/mol. The van der Waals surface area contributed by atoms with Crippen LogP contribution in [-0.2, 0) is 0 Å². The first kappa shape index (κ1) is 31.4. The van der Waals surface area contributed by atoms with Crippen LogP contribution in [0.25, 0.3) is 119 Å². The highest BCUT2D eigenvalue weighted by molar-refractivity contribution is 7.25. The van der Waals surface area contributed by atoms with Gasteiger partial charge in [0, 0.05) is 36.5 Å². The Morgan fingerprint density at radius 2 is 0.821 bits per heavy atom. The maximum absolute atomic E-state index is 6.53. The van der Waals surface area contributed by atoms with Gasteiger partial charge in [-0.25, -0.2) is 0 Å². The normalized spacial score (nSPS) is 11.9. The number of hydrogen-bond acceptors (Lipinski definition) is 2. The lowest BCUT2D eigenvalue weighted by Crippen LogP contribution is -1.93. The fourth-order valence-electron chi connectivity index (χ4n) is 9.31. The zero-order valence-electron chi connectivity index (χ0n) is 30.3. The lowest BCUT2D eigenvalue weighted by atomic mass is 9.83. The van der Waals surface area contributed by atoms with Gasteiger partial charge in [0.25, 0.3) is 0 Å². The number of para-hydroxylation sites is 1. The van der Waals surface area contributed by atoms with Gasteiger partial charge >= 0.3 is 0 Å². The molecule has 0 N–H and O–H groups in total. The number of rotatable bonds is 4. The van der Waals surface area contributed by atoms with Crippen LogP contribution in [0.5, 0.6) is 0 Å². The number of hydrogen-bond donors (Lipinski definition) is 0. The van der Waals surface area contributed by atoms with Crippen molar-refractivity contribution in [2.24, 2.45) is 0 Å². The van der Waals surface area contributed by atoms with Crippen LogP contribution < -0.4 is 0 Å². The van der Waals surface area contributed by atoms with Crippen LogP contribution in [0.4, 0.5) is 0 Å². The Hall–Kier alpha value is -7.00. The van der Waals surface area contributed by atoms with E-state index in [4.69, 9.17) is 4.42 Å². The molecule has 260 valence electrons. The van der Waals surface area contributed by atoms with Crippen molar-refractivity contribution in [2.45, 2.75) is 0 Å². The van der Waals surface area contributed by atoms with Crippen molar-refractivity contribution in [2.75, 3.05) is 0 Å². The molecule has 0 fully saturated rings. The van der Waals surface area contributed by atoms with Gasteiger partial charge in [0.15, 0.2) is 0 Å². The van der Waals surface area contributed by atoms with Crippen molar-refractivity contribution in [3.63, 3.8) is 0 Å². The van der Waals surface area contributed by atoms with Crippen LogP contribution in [0, 0.1) is 0 Å². The molecule has 0 atom stereocenters. The van der Waals surface area contributed by atoms with E-state index in [-0.39, 0.29) is 0 Å². The van der Waals surface area contributed by atoms with Gasteiger partial charge in [-0.15, -0.1) is 11.3 Å². The van der Waals surface area contributed by atoms with Crippen molar-refractivity contribution >= 4 is 85.8 Å². The van der Waals surface area contributed by atoms with E-state index in [9.17, 15) is 0 Å². The second-order valence-electron chi connectivity index (χ2n) is 14.7. The van der Waals surface area contributed by atoms with E-state index in [1.165, 1.54) is 97.0 Å². The Morgan fingerprint density at radius 3 is 1.55 bits per heavy atom. The van der Waals surface area contributed by atoms with Gasteiger partial charge in [0.1, 0.15) is 11.2 Å². The average molecular weight is 729 g/mol. The van der Waals surface area contributed by atoms with Crippen molar-refractivity contribution in [3.8, 4) is 44.5 Å². The van der Waals surface area contributed by atoms with E-state index in [1.807, 2.05) is 11.3 Å². The van der Waals surface area contributed by atoms with E-state index < -0.39 is 0 Å². The average Bonchev–Trinajstić information content (AvgIpc) is 3.83. The Bertz CT molecular complexity index is 3470. The summed E-state index contributed by atoms with van der Waals surface area (Å²) in [5.41, 5.74) is 11.6. The summed E-state index contributed by atoms with van der Waals surface area (Å²) in [4.78, 5) is 0. The quantitative estimate of drug-likeness (QED) is 0.165. The maximum atomic E-state index is 6.53. The summed E-state index contributed by atoms with van der Waals surface area (Å²) in [6, 6.07) is 71.0. The third-order valence-corrected chi connectivity index (χ3v) is 12.8. The van der Waals surface area contributed by atoms with Gasteiger partial charge in [0.05, 0.1) is 0 Å². The summed E-state index contributed by atoms with van der Waals surface area (Å²) < 4.78 is 9.13. The topological polar surface area (TPSA) is 13.1 Å². The number of thiophene rings is 1. The SMILES string of the molecule is c1ccc(-c2c3ccccc3c(-c3ccc(-c4ccc5oc6ccccc6c5c4-c4ccc5c(c4)sc4ccccc45)c4ccccc34)c3ccccc23)cc1. The van der Waals surface area contributed by atoms with Gasteiger partial charge in [-0.3, -0.25) is 0 Å². The lowest BCUT2D eigenvalue weighted by molar-refractivity contribution is 0.669. The van der Waals surface area contributed by atoms with Crippen LogP contribution in [0.3, 0.4) is 0 Å². The van der Waals surface area contributed by atoms with E-state index in [0.717, 1.165) is 21.9 Å². The van der Waals surface area contributed by atoms with Gasteiger partial charge in [-0.05, 0) is 102 Å². The first-order chi connectivity index (χ1) is 27.8. The second kappa shape index (κ2) is 12.3. The highest BCUT2D eigenvalue weighted by atomic mass is 32.1. The van der Waals surface area contributed by atoms with Crippen LogP contribution >= 0.6 is 11.3 Å². The zero-order valence-corrected chi connectivity index (χ0v) is 31.1. The number of furan rings is 1. The molecule has 0 unspecified atom stereocenters. The predicted octanol–water partition coefficient (Wildman–Crippen LogP) is 16.1. The molecule has 2 heterocycles. The van der Waals surface area contributed by atoms with Crippen LogP contribution in [-0.4, -0.2) is 0 Å². The van der Waals surface area contributed by atoms with Crippen molar-refractivity contribution < 1.29 is 4.42 Å². The smallest absolute Gasteiger partial charge is 0.136 e. The highest BCUT2D eigenvalue weighted by Gasteiger charge is 2.22. The molecular formula is C54H32OS. The van der Waals surface area contributed by atoms with Crippen molar-refractivity contribution in [3.05, 3.63) is 194 Å². The molecule has 2 heteroatoms. The second-order valence-corrected chi connectivity index (χ2v) is 15.8. The third kappa shape index (κ3) is 4.60. The van der Waals surface area contributed by atoms with E-state index in [1.54, 1.807) is 0 Å². The summed E-state index contributed by atoms with van der Waals surface area (Å²) in [5, 5.41) is 12.4. The summed E-state index contributed by atoms with van der Waals surface area (Å²) in [6.45, 7) is 0. The molecule has 56 heavy (non-hydrogen) atoms. The van der Waals surface area contributed by atoms with Gasteiger partial charge < -0.3 is 4.42 Å². The minimum atomic E-state index is 0.902. The molecule has 0 amide bonds. The minimum Gasteiger partial charge on any atom is -0.456 e. The molecule has 10 aromatic carbocycles. The highest BCUT2D eigenvalue weighted by Crippen LogP contribution is 2.49. The Labute approximate surface area is 327 Å². The first-order valence-electron chi connectivity index (χ1n) is 19.2. The van der Waals surface area contributed by atoms with Crippen LogP contribution in [0.1, 0.15) is 0 Å². The Balaban J connectivity index is 1.16. The molecule has 12 rings (SSSR count). The molecule has 12 aromatic rings.